The minimum atomic E-state index is 0.589. The van der Waals surface area contributed by atoms with Crippen LogP contribution in [0.4, 0.5) is 5.69 Å². The maximum absolute atomic E-state index is 5.60. The highest BCUT2D eigenvalue weighted by molar-refractivity contribution is 5.70. The average molecular weight is 251 g/mol. The number of para-hydroxylation sites is 1. The third-order valence-electron chi connectivity index (χ3n) is 3.36. The molecule has 2 aromatic rings. The Morgan fingerprint density at radius 2 is 1.74 bits per heavy atom. The van der Waals surface area contributed by atoms with Crippen molar-refractivity contribution in [3.8, 4) is 0 Å². The number of nitrogens with one attached hydrogen (secondary N) is 1. The van der Waals surface area contributed by atoms with Crippen molar-refractivity contribution in [1.29, 1.82) is 0 Å². The van der Waals surface area contributed by atoms with E-state index in [1.54, 1.807) is 0 Å². The fraction of sp³-hybridized carbons (Fsp3) is 0.176. The number of hydrogen-bond donors (Lipinski definition) is 1. The van der Waals surface area contributed by atoms with Crippen molar-refractivity contribution < 1.29 is 4.84 Å². The van der Waals surface area contributed by atoms with Gasteiger partial charge in [-0.3, -0.25) is 10.3 Å². The second kappa shape index (κ2) is 5.72. The molecule has 0 spiro atoms. The van der Waals surface area contributed by atoms with Crippen LogP contribution in [0.3, 0.4) is 0 Å². The lowest BCUT2D eigenvalue weighted by atomic mass is 9.91. The summed E-state index contributed by atoms with van der Waals surface area (Å²) < 4.78 is 0. The molecule has 19 heavy (non-hydrogen) atoms. The van der Waals surface area contributed by atoms with Gasteiger partial charge in [0, 0.05) is 0 Å². The van der Waals surface area contributed by atoms with Crippen molar-refractivity contribution in [2.45, 2.75) is 12.8 Å². The van der Waals surface area contributed by atoms with Gasteiger partial charge in [-0.2, -0.15) is 0 Å². The Balaban J connectivity index is 1.63. The molecule has 0 unspecified atom stereocenters. The second-order valence-electron chi connectivity index (χ2n) is 4.68. The molecule has 1 aliphatic carbocycles. The first-order valence-corrected chi connectivity index (χ1v) is 6.63. The highest BCUT2D eigenvalue weighted by Crippen LogP contribution is 2.26. The van der Waals surface area contributed by atoms with Crippen molar-refractivity contribution in [3.63, 3.8) is 0 Å². The monoisotopic (exact) mass is 251 g/mol. The minimum absolute atomic E-state index is 0.589. The fourth-order valence-electron chi connectivity index (χ4n) is 2.40. The van der Waals surface area contributed by atoms with E-state index in [-0.39, 0.29) is 0 Å². The summed E-state index contributed by atoms with van der Waals surface area (Å²) in [5, 5.41) is 0. The average Bonchev–Trinajstić information content (AvgIpc) is 2.49. The summed E-state index contributed by atoms with van der Waals surface area (Å²) >= 11 is 0. The first kappa shape index (κ1) is 12.0. The van der Waals surface area contributed by atoms with Crippen LogP contribution < -0.4 is 5.48 Å². The van der Waals surface area contributed by atoms with Crippen LogP contribution in [0.5, 0.6) is 0 Å². The predicted molar refractivity (Wildman–Crippen MR) is 78.8 cm³/mol. The molecule has 0 aliphatic heterocycles. The van der Waals surface area contributed by atoms with E-state index in [9.17, 15) is 0 Å². The lowest BCUT2D eigenvalue weighted by molar-refractivity contribution is 0.233. The van der Waals surface area contributed by atoms with Crippen molar-refractivity contribution in [2.24, 2.45) is 0 Å². The molecule has 3 rings (SSSR count). The summed E-state index contributed by atoms with van der Waals surface area (Å²) in [6.07, 6.45) is 4.50. The molecule has 0 heterocycles. The Morgan fingerprint density at radius 3 is 2.63 bits per heavy atom. The lowest BCUT2D eigenvalue weighted by Crippen LogP contribution is -2.08. The molecule has 1 N–H and O–H groups in total. The van der Waals surface area contributed by atoms with E-state index in [0.717, 1.165) is 18.5 Å². The van der Waals surface area contributed by atoms with Gasteiger partial charge in [0.2, 0.25) is 0 Å². The van der Waals surface area contributed by atoms with Crippen LogP contribution in [0.15, 0.2) is 60.7 Å². The number of rotatable bonds is 4. The number of allylic oxidation sites excluding steroid dienone is 1. The van der Waals surface area contributed by atoms with Gasteiger partial charge in [0.1, 0.15) is 0 Å². The molecule has 2 heteroatoms. The van der Waals surface area contributed by atoms with Gasteiger partial charge in [-0.15, -0.1) is 0 Å². The molecule has 96 valence electrons. The minimum Gasteiger partial charge on any atom is -0.271 e. The number of hydrogen-bond acceptors (Lipinski definition) is 2. The van der Waals surface area contributed by atoms with Gasteiger partial charge < -0.3 is 0 Å². The fourth-order valence-corrected chi connectivity index (χ4v) is 2.40. The van der Waals surface area contributed by atoms with Gasteiger partial charge in [0.05, 0.1) is 12.3 Å². The van der Waals surface area contributed by atoms with E-state index >= 15 is 0 Å². The predicted octanol–water partition coefficient (Wildman–Crippen LogP) is 4.06. The molecule has 2 nitrogen and oxygen atoms in total. The lowest BCUT2D eigenvalue weighted by Gasteiger charge is -2.17. The first-order chi connectivity index (χ1) is 9.43. The zero-order valence-electron chi connectivity index (χ0n) is 10.8. The first-order valence-electron chi connectivity index (χ1n) is 6.63. The quantitative estimate of drug-likeness (QED) is 0.827. The van der Waals surface area contributed by atoms with Gasteiger partial charge in [-0.1, -0.05) is 48.5 Å². The van der Waals surface area contributed by atoms with E-state index < -0.39 is 0 Å². The largest absolute Gasteiger partial charge is 0.271 e. The van der Waals surface area contributed by atoms with Crippen molar-refractivity contribution in [2.75, 3.05) is 12.1 Å². The molecule has 2 aromatic carbocycles. The highest BCUT2D eigenvalue weighted by Gasteiger charge is 2.11. The molecule has 0 fully saturated rings. The summed E-state index contributed by atoms with van der Waals surface area (Å²) in [7, 11) is 0. The number of fused-ring (bicyclic) bond motifs is 1. The Hall–Kier alpha value is -2.06. The van der Waals surface area contributed by atoms with Crippen LogP contribution in [-0.2, 0) is 11.3 Å². The normalized spacial score (nSPS) is 13.6. The number of anilines is 1. The summed E-state index contributed by atoms with van der Waals surface area (Å²) in [5.74, 6) is 0. The third kappa shape index (κ3) is 2.85. The molecule has 0 amide bonds. The molecular formula is C17H17NO. The van der Waals surface area contributed by atoms with E-state index in [1.807, 2.05) is 30.3 Å². The van der Waals surface area contributed by atoms with Crippen LogP contribution in [-0.4, -0.2) is 6.61 Å². The molecule has 0 saturated carbocycles. The van der Waals surface area contributed by atoms with Crippen LogP contribution >= 0.6 is 0 Å². The molecule has 0 saturated heterocycles. The molecule has 0 aromatic heterocycles. The van der Waals surface area contributed by atoms with Gasteiger partial charge in [0.15, 0.2) is 0 Å². The summed E-state index contributed by atoms with van der Waals surface area (Å²) in [5.41, 5.74) is 7.97. The van der Waals surface area contributed by atoms with Crippen LogP contribution in [0.25, 0.3) is 5.57 Å². The van der Waals surface area contributed by atoms with Crippen LogP contribution in [0.1, 0.15) is 17.5 Å². The summed E-state index contributed by atoms with van der Waals surface area (Å²) in [4.78, 5) is 5.60. The zero-order valence-corrected chi connectivity index (χ0v) is 10.8. The Labute approximate surface area is 113 Å². The highest BCUT2D eigenvalue weighted by atomic mass is 16.6. The zero-order chi connectivity index (χ0) is 12.9. The standard InChI is InChI=1S/C17H17NO/c1-2-10-16(11-3-1)18-19-13-15-9-6-8-14-7-4-5-12-17(14)15/h1-5,7,9-12,18H,6,8,13H2. The third-order valence-corrected chi connectivity index (χ3v) is 3.36. The van der Waals surface area contributed by atoms with Gasteiger partial charge in [-0.05, 0) is 41.7 Å². The van der Waals surface area contributed by atoms with Crippen molar-refractivity contribution >= 4 is 11.3 Å². The van der Waals surface area contributed by atoms with Crippen molar-refractivity contribution in [3.05, 3.63) is 71.8 Å². The summed E-state index contributed by atoms with van der Waals surface area (Å²) in [6.45, 7) is 0.589. The van der Waals surface area contributed by atoms with Crippen LogP contribution in [0.2, 0.25) is 0 Å². The molecular weight excluding hydrogens is 234 g/mol. The van der Waals surface area contributed by atoms with E-state index in [0.29, 0.717) is 6.61 Å². The maximum Gasteiger partial charge on any atom is 0.0999 e. The van der Waals surface area contributed by atoms with Gasteiger partial charge in [-0.25, -0.2) is 0 Å². The Bertz CT molecular complexity index is 575. The Morgan fingerprint density at radius 1 is 0.947 bits per heavy atom. The molecule has 1 aliphatic rings. The van der Waals surface area contributed by atoms with Crippen LogP contribution in [0, 0.1) is 0 Å². The van der Waals surface area contributed by atoms with E-state index in [4.69, 9.17) is 4.84 Å². The number of aryl methyl sites for hydroxylation is 1. The number of benzene rings is 2. The summed E-state index contributed by atoms with van der Waals surface area (Å²) in [6, 6.07) is 18.5. The molecule has 0 atom stereocenters. The Kier molecular flexibility index (Phi) is 3.61. The maximum atomic E-state index is 5.60. The smallest absolute Gasteiger partial charge is 0.0999 e. The van der Waals surface area contributed by atoms with Gasteiger partial charge in [0.25, 0.3) is 0 Å². The van der Waals surface area contributed by atoms with Crippen molar-refractivity contribution in [1.82, 2.24) is 0 Å². The topological polar surface area (TPSA) is 21.3 Å². The SMILES string of the molecule is C1=C(CONc2ccccc2)c2ccccc2CC1. The second-order valence-corrected chi connectivity index (χ2v) is 4.68. The van der Waals surface area contributed by atoms with E-state index in [2.05, 4.69) is 35.8 Å². The van der Waals surface area contributed by atoms with Gasteiger partial charge >= 0.3 is 0 Å². The molecule has 0 radical (unpaired) electrons. The van der Waals surface area contributed by atoms with E-state index in [1.165, 1.54) is 16.7 Å². The molecule has 0 bridgehead atoms.